The molecule has 3 nitrogen and oxygen atoms in total. The standard InChI is InChI=1S/C16H9BrIN3S/c17-11-7-14-10(6-12(11)18)13(3-4-19-14)21-9-1-2-16-15(5-9)20-8-22-16/h1-8H,(H,19,21). The van der Waals surface area contributed by atoms with E-state index in [1.165, 1.54) is 4.70 Å². The lowest BCUT2D eigenvalue weighted by atomic mass is 10.2. The molecule has 4 rings (SSSR count). The lowest BCUT2D eigenvalue weighted by Crippen LogP contribution is -1.93. The van der Waals surface area contributed by atoms with Crippen molar-refractivity contribution in [2.24, 2.45) is 0 Å². The summed E-state index contributed by atoms with van der Waals surface area (Å²) in [5.74, 6) is 0. The number of aromatic nitrogens is 2. The van der Waals surface area contributed by atoms with Crippen LogP contribution < -0.4 is 5.32 Å². The Balaban J connectivity index is 1.81. The normalized spacial score (nSPS) is 11.2. The van der Waals surface area contributed by atoms with Gasteiger partial charge in [0.15, 0.2) is 0 Å². The maximum Gasteiger partial charge on any atom is 0.0832 e. The second-order valence-corrected chi connectivity index (χ2v) is 7.70. The Labute approximate surface area is 153 Å². The highest BCUT2D eigenvalue weighted by molar-refractivity contribution is 14.1. The first-order chi connectivity index (χ1) is 10.7. The number of hydrogen-bond acceptors (Lipinski definition) is 4. The Morgan fingerprint density at radius 3 is 2.86 bits per heavy atom. The van der Waals surface area contributed by atoms with Crippen LogP contribution in [0.2, 0.25) is 0 Å². The molecule has 0 unspecified atom stereocenters. The van der Waals surface area contributed by atoms with E-state index in [0.717, 1.165) is 35.8 Å². The van der Waals surface area contributed by atoms with Crippen molar-refractivity contribution in [3.63, 3.8) is 0 Å². The van der Waals surface area contributed by atoms with Crippen LogP contribution in [0.5, 0.6) is 0 Å². The first-order valence-corrected chi connectivity index (χ1v) is 9.30. The van der Waals surface area contributed by atoms with E-state index in [2.05, 4.69) is 78.1 Å². The van der Waals surface area contributed by atoms with Gasteiger partial charge in [0.25, 0.3) is 0 Å². The highest BCUT2D eigenvalue weighted by Crippen LogP contribution is 2.31. The summed E-state index contributed by atoms with van der Waals surface area (Å²) >= 11 is 7.53. The summed E-state index contributed by atoms with van der Waals surface area (Å²) in [6.45, 7) is 0. The van der Waals surface area contributed by atoms with E-state index < -0.39 is 0 Å². The van der Waals surface area contributed by atoms with Gasteiger partial charge in [-0.1, -0.05) is 0 Å². The summed E-state index contributed by atoms with van der Waals surface area (Å²) in [5.41, 5.74) is 5.93. The molecule has 2 aromatic heterocycles. The van der Waals surface area contributed by atoms with E-state index >= 15 is 0 Å². The molecule has 0 saturated heterocycles. The van der Waals surface area contributed by atoms with Crippen LogP contribution in [0.15, 0.2) is 52.6 Å². The molecular weight excluding hydrogens is 473 g/mol. The molecule has 0 aliphatic rings. The lowest BCUT2D eigenvalue weighted by molar-refractivity contribution is 1.39. The molecule has 1 N–H and O–H groups in total. The van der Waals surface area contributed by atoms with Crippen molar-refractivity contribution in [3.05, 3.63) is 56.1 Å². The van der Waals surface area contributed by atoms with E-state index in [1.54, 1.807) is 11.3 Å². The first kappa shape index (κ1) is 14.3. The topological polar surface area (TPSA) is 37.8 Å². The van der Waals surface area contributed by atoms with Gasteiger partial charge >= 0.3 is 0 Å². The maximum absolute atomic E-state index is 4.44. The fourth-order valence-corrected chi connectivity index (χ4v) is 3.80. The molecule has 2 aromatic carbocycles. The summed E-state index contributed by atoms with van der Waals surface area (Å²) in [6, 6.07) is 12.4. The van der Waals surface area contributed by atoms with Crippen LogP contribution in [0.1, 0.15) is 0 Å². The first-order valence-electron chi connectivity index (χ1n) is 6.55. The van der Waals surface area contributed by atoms with E-state index in [0.29, 0.717) is 0 Å². The zero-order valence-electron chi connectivity index (χ0n) is 11.2. The Bertz CT molecular complexity index is 999. The predicted octanol–water partition coefficient (Wildman–Crippen LogP) is 5.96. The largest absolute Gasteiger partial charge is 0.355 e. The fourth-order valence-electron chi connectivity index (χ4n) is 2.34. The molecule has 0 fully saturated rings. The second kappa shape index (κ2) is 5.75. The molecule has 6 heteroatoms. The highest BCUT2D eigenvalue weighted by Gasteiger charge is 2.07. The van der Waals surface area contributed by atoms with Gasteiger partial charge in [-0.05, 0) is 74.9 Å². The Morgan fingerprint density at radius 1 is 1.05 bits per heavy atom. The van der Waals surface area contributed by atoms with Crippen molar-refractivity contribution >= 4 is 82.4 Å². The van der Waals surface area contributed by atoms with Crippen LogP contribution in [0.4, 0.5) is 11.4 Å². The van der Waals surface area contributed by atoms with Gasteiger partial charge in [0.05, 0.1) is 21.2 Å². The number of nitrogens with zero attached hydrogens (tertiary/aromatic N) is 2. The molecule has 0 aliphatic heterocycles. The van der Waals surface area contributed by atoms with Crippen molar-refractivity contribution < 1.29 is 0 Å². The van der Waals surface area contributed by atoms with Gasteiger partial charge in [0.1, 0.15) is 0 Å². The van der Waals surface area contributed by atoms with E-state index in [-0.39, 0.29) is 0 Å². The number of benzene rings is 2. The van der Waals surface area contributed by atoms with Crippen LogP contribution in [-0.4, -0.2) is 9.97 Å². The monoisotopic (exact) mass is 481 g/mol. The molecule has 2 heterocycles. The van der Waals surface area contributed by atoms with Gasteiger partial charge in [-0.15, -0.1) is 11.3 Å². The molecule has 0 amide bonds. The second-order valence-electron chi connectivity index (χ2n) is 4.80. The third kappa shape index (κ3) is 2.59. The van der Waals surface area contributed by atoms with Gasteiger partial charge < -0.3 is 5.32 Å². The van der Waals surface area contributed by atoms with E-state index in [4.69, 9.17) is 0 Å². The average molecular weight is 482 g/mol. The van der Waals surface area contributed by atoms with Crippen LogP contribution in [0.25, 0.3) is 21.1 Å². The third-order valence-corrected chi connectivity index (χ3v) is 6.49. The van der Waals surface area contributed by atoms with Crippen molar-refractivity contribution in [2.75, 3.05) is 5.32 Å². The predicted molar refractivity (Wildman–Crippen MR) is 105 cm³/mol. The summed E-state index contributed by atoms with van der Waals surface area (Å²) in [4.78, 5) is 8.81. The fraction of sp³-hybridized carbons (Fsp3) is 0. The molecule has 0 radical (unpaired) electrons. The summed E-state index contributed by atoms with van der Waals surface area (Å²) in [5, 5.41) is 4.59. The number of nitrogens with one attached hydrogen (secondary N) is 1. The van der Waals surface area contributed by atoms with Gasteiger partial charge in [0.2, 0.25) is 0 Å². The number of anilines is 2. The van der Waals surface area contributed by atoms with E-state index in [9.17, 15) is 0 Å². The summed E-state index contributed by atoms with van der Waals surface area (Å²) in [6.07, 6.45) is 1.82. The van der Waals surface area contributed by atoms with Crippen LogP contribution in [-0.2, 0) is 0 Å². The average Bonchev–Trinajstić information content (AvgIpc) is 2.97. The van der Waals surface area contributed by atoms with Gasteiger partial charge in [0, 0.05) is 31.0 Å². The van der Waals surface area contributed by atoms with Crippen molar-refractivity contribution in [1.82, 2.24) is 9.97 Å². The molecule has 0 saturated carbocycles. The number of pyridine rings is 1. The minimum atomic E-state index is 0.965. The third-order valence-electron chi connectivity index (χ3n) is 3.39. The number of thiazole rings is 1. The van der Waals surface area contributed by atoms with Crippen molar-refractivity contribution in [1.29, 1.82) is 0 Å². The minimum Gasteiger partial charge on any atom is -0.355 e. The molecule has 108 valence electrons. The van der Waals surface area contributed by atoms with Crippen LogP contribution in [0.3, 0.4) is 0 Å². The molecule has 22 heavy (non-hydrogen) atoms. The van der Waals surface area contributed by atoms with E-state index in [1.807, 2.05) is 23.8 Å². The zero-order valence-corrected chi connectivity index (χ0v) is 15.7. The molecule has 0 atom stereocenters. The molecule has 0 bridgehead atoms. The van der Waals surface area contributed by atoms with Gasteiger partial charge in [-0.2, -0.15) is 0 Å². The molecule has 0 spiro atoms. The zero-order chi connectivity index (χ0) is 15.1. The number of halogens is 2. The Morgan fingerprint density at radius 2 is 1.95 bits per heavy atom. The van der Waals surface area contributed by atoms with Crippen LogP contribution >= 0.6 is 49.9 Å². The summed E-state index contributed by atoms with van der Waals surface area (Å²) < 4.78 is 3.42. The molecular formula is C16H9BrIN3S. The van der Waals surface area contributed by atoms with Gasteiger partial charge in [-0.25, -0.2) is 4.98 Å². The number of hydrogen-bond donors (Lipinski definition) is 1. The smallest absolute Gasteiger partial charge is 0.0832 e. The molecule has 0 aliphatic carbocycles. The number of fused-ring (bicyclic) bond motifs is 2. The highest BCUT2D eigenvalue weighted by atomic mass is 127. The SMILES string of the molecule is Brc1cc2nccc(Nc3ccc4scnc4c3)c2cc1I. The van der Waals surface area contributed by atoms with Crippen molar-refractivity contribution in [3.8, 4) is 0 Å². The minimum absolute atomic E-state index is 0.965. The summed E-state index contributed by atoms with van der Waals surface area (Å²) in [7, 11) is 0. The Kier molecular flexibility index (Phi) is 3.75. The van der Waals surface area contributed by atoms with Gasteiger partial charge in [-0.3, -0.25) is 4.98 Å². The quantitative estimate of drug-likeness (QED) is 0.359. The lowest BCUT2D eigenvalue weighted by Gasteiger charge is -2.10. The molecule has 4 aromatic rings. The number of rotatable bonds is 2. The maximum atomic E-state index is 4.44. The Hall–Kier alpha value is -1.25. The van der Waals surface area contributed by atoms with Crippen LogP contribution in [0, 0.1) is 3.57 Å². The van der Waals surface area contributed by atoms with Crippen molar-refractivity contribution in [2.45, 2.75) is 0 Å².